The molecule has 3 aromatic carbocycles. The Hall–Kier alpha value is -3.91. The molecule has 33 heavy (non-hydrogen) atoms. The van der Waals surface area contributed by atoms with Crippen molar-refractivity contribution in [2.24, 2.45) is 5.92 Å². The summed E-state index contributed by atoms with van der Waals surface area (Å²) in [6.07, 6.45) is -1.03. The highest BCUT2D eigenvalue weighted by molar-refractivity contribution is 6.23. The molecule has 3 atom stereocenters. The van der Waals surface area contributed by atoms with Gasteiger partial charge in [0.25, 0.3) is 5.91 Å². The van der Waals surface area contributed by atoms with E-state index in [1.807, 2.05) is 36.4 Å². The Morgan fingerprint density at radius 3 is 2.24 bits per heavy atom. The second kappa shape index (κ2) is 8.22. The lowest BCUT2D eigenvalue weighted by atomic mass is 9.90. The summed E-state index contributed by atoms with van der Waals surface area (Å²) in [5.41, 5.74) is 1.68. The number of rotatable bonds is 5. The molecule has 2 saturated heterocycles. The van der Waals surface area contributed by atoms with Crippen LogP contribution in [0.1, 0.15) is 11.6 Å². The van der Waals surface area contributed by atoms with Crippen LogP contribution in [0.4, 0.5) is 15.8 Å². The van der Waals surface area contributed by atoms with E-state index in [4.69, 9.17) is 14.3 Å². The first-order valence-corrected chi connectivity index (χ1v) is 10.4. The molecule has 2 heterocycles. The average Bonchev–Trinajstić information content (AvgIpc) is 3.35. The summed E-state index contributed by atoms with van der Waals surface area (Å²) in [6.45, 7) is 0. The van der Waals surface area contributed by atoms with Crippen LogP contribution in [-0.2, 0) is 14.4 Å². The van der Waals surface area contributed by atoms with Crippen LogP contribution in [0.5, 0.6) is 11.5 Å². The SMILES string of the molecule is COc1ccc([C@H]2[C@@H]3C(=O)N(c4ccc(F)cc4)C(=O)[C@H]3ON2c2ccccc2)c(OC)c1. The molecule has 168 valence electrons. The number of nitrogens with zero attached hydrogens (tertiary/aromatic N) is 2. The van der Waals surface area contributed by atoms with Gasteiger partial charge in [-0.05, 0) is 48.5 Å². The molecule has 0 aliphatic carbocycles. The molecule has 3 aromatic rings. The van der Waals surface area contributed by atoms with Crippen LogP contribution in [0.25, 0.3) is 0 Å². The number of hydroxylamine groups is 1. The molecule has 0 saturated carbocycles. The first-order chi connectivity index (χ1) is 16.0. The molecule has 2 aliphatic heterocycles. The Labute approximate surface area is 189 Å². The van der Waals surface area contributed by atoms with Crippen molar-refractivity contribution in [2.75, 3.05) is 24.2 Å². The van der Waals surface area contributed by atoms with Crippen molar-refractivity contribution in [3.63, 3.8) is 0 Å². The Bertz CT molecular complexity index is 1200. The number of imide groups is 1. The van der Waals surface area contributed by atoms with Crippen LogP contribution in [0.15, 0.2) is 72.8 Å². The van der Waals surface area contributed by atoms with Gasteiger partial charge in [0.2, 0.25) is 5.91 Å². The van der Waals surface area contributed by atoms with E-state index >= 15 is 0 Å². The van der Waals surface area contributed by atoms with Gasteiger partial charge in [-0.2, -0.15) is 0 Å². The molecule has 0 aromatic heterocycles. The van der Waals surface area contributed by atoms with Gasteiger partial charge in [0.05, 0.1) is 31.6 Å². The summed E-state index contributed by atoms with van der Waals surface area (Å²) in [4.78, 5) is 34.1. The predicted octanol–water partition coefficient (Wildman–Crippen LogP) is 3.89. The number of methoxy groups -OCH3 is 2. The molecule has 7 nitrogen and oxygen atoms in total. The summed E-state index contributed by atoms with van der Waals surface area (Å²) in [6, 6.07) is 19.2. The molecule has 0 spiro atoms. The molecular formula is C25H21FN2O5. The number of carbonyl (C=O) groups excluding carboxylic acids is 2. The van der Waals surface area contributed by atoms with Gasteiger partial charge in [0.15, 0.2) is 6.10 Å². The van der Waals surface area contributed by atoms with Crippen molar-refractivity contribution in [2.45, 2.75) is 12.1 Å². The minimum atomic E-state index is -1.03. The van der Waals surface area contributed by atoms with Crippen molar-refractivity contribution < 1.29 is 28.3 Å². The normalized spacial score (nSPS) is 22.0. The second-order valence-corrected chi connectivity index (χ2v) is 7.75. The van der Waals surface area contributed by atoms with Gasteiger partial charge in [0.1, 0.15) is 23.2 Å². The maximum atomic E-state index is 13.6. The number of anilines is 2. The lowest BCUT2D eigenvalue weighted by Crippen LogP contribution is -2.37. The van der Waals surface area contributed by atoms with E-state index in [0.29, 0.717) is 28.4 Å². The molecular weight excluding hydrogens is 427 g/mol. The van der Waals surface area contributed by atoms with E-state index in [1.54, 1.807) is 24.3 Å². The zero-order valence-electron chi connectivity index (χ0n) is 18.0. The third-order valence-corrected chi connectivity index (χ3v) is 5.97. The van der Waals surface area contributed by atoms with Crippen molar-refractivity contribution in [3.05, 3.63) is 84.2 Å². The van der Waals surface area contributed by atoms with Gasteiger partial charge in [-0.15, -0.1) is 0 Å². The lowest BCUT2D eigenvalue weighted by Gasteiger charge is -2.29. The quantitative estimate of drug-likeness (QED) is 0.552. The van der Waals surface area contributed by atoms with Gasteiger partial charge in [-0.25, -0.2) is 14.4 Å². The van der Waals surface area contributed by atoms with E-state index in [0.717, 1.165) is 4.90 Å². The summed E-state index contributed by atoms with van der Waals surface area (Å²) in [7, 11) is 3.09. The summed E-state index contributed by atoms with van der Waals surface area (Å²) in [5.74, 6) is -1.09. The van der Waals surface area contributed by atoms with Crippen LogP contribution in [0.2, 0.25) is 0 Å². The van der Waals surface area contributed by atoms with Crippen LogP contribution in [-0.4, -0.2) is 32.1 Å². The first kappa shape index (κ1) is 21.0. The summed E-state index contributed by atoms with van der Waals surface area (Å²) >= 11 is 0. The van der Waals surface area contributed by atoms with Gasteiger partial charge in [0, 0.05) is 11.6 Å². The van der Waals surface area contributed by atoms with E-state index in [-0.39, 0.29) is 0 Å². The fourth-order valence-corrected chi connectivity index (χ4v) is 4.44. The molecule has 0 N–H and O–H groups in total. The minimum absolute atomic E-state index is 0.302. The zero-order valence-corrected chi connectivity index (χ0v) is 18.0. The number of hydrogen-bond acceptors (Lipinski definition) is 6. The Kier molecular flexibility index (Phi) is 5.22. The highest BCUT2D eigenvalue weighted by atomic mass is 19.1. The van der Waals surface area contributed by atoms with Crippen LogP contribution in [0, 0.1) is 11.7 Å². The third kappa shape index (κ3) is 3.39. The molecule has 2 fully saturated rings. The van der Waals surface area contributed by atoms with Crippen LogP contribution in [0.3, 0.4) is 0 Å². The molecule has 2 aliphatic rings. The molecule has 0 bridgehead atoms. The van der Waals surface area contributed by atoms with Crippen molar-refractivity contribution in [3.8, 4) is 11.5 Å². The van der Waals surface area contributed by atoms with Gasteiger partial charge >= 0.3 is 0 Å². The Morgan fingerprint density at radius 1 is 0.848 bits per heavy atom. The maximum Gasteiger partial charge on any atom is 0.266 e. The first-order valence-electron chi connectivity index (χ1n) is 10.4. The fraction of sp³-hybridized carbons (Fsp3) is 0.200. The topological polar surface area (TPSA) is 68.3 Å². The second-order valence-electron chi connectivity index (χ2n) is 7.75. The maximum absolute atomic E-state index is 13.6. The molecule has 8 heteroatoms. The number of amides is 2. The number of hydrogen-bond donors (Lipinski definition) is 0. The average molecular weight is 448 g/mol. The van der Waals surface area contributed by atoms with Crippen molar-refractivity contribution >= 4 is 23.2 Å². The number of fused-ring (bicyclic) bond motifs is 1. The molecule has 2 amide bonds. The molecule has 5 rings (SSSR count). The predicted molar refractivity (Wildman–Crippen MR) is 118 cm³/mol. The number of para-hydroxylation sites is 1. The molecule has 0 unspecified atom stereocenters. The van der Waals surface area contributed by atoms with Gasteiger partial charge < -0.3 is 9.47 Å². The highest BCUT2D eigenvalue weighted by Crippen LogP contribution is 2.49. The van der Waals surface area contributed by atoms with E-state index in [9.17, 15) is 14.0 Å². The Morgan fingerprint density at radius 2 is 1.58 bits per heavy atom. The fourth-order valence-electron chi connectivity index (χ4n) is 4.44. The monoisotopic (exact) mass is 448 g/mol. The van der Waals surface area contributed by atoms with Gasteiger partial charge in [-0.3, -0.25) is 14.4 Å². The van der Waals surface area contributed by atoms with E-state index in [2.05, 4.69) is 0 Å². The molecule has 0 radical (unpaired) electrons. The van der Waals surface area contributed by atoms with Crippen molar-refractivity contribution in [1.29, 1.82) is 0 Å². The summed E-state index contributed by atoms with van der Waals surface area (Å²) < 4.78 is 24.3. The number of benzene rings is 3. The van der Waals surface area contributed by atoms with Crippen LogP contribution < -0.4 is 19.4 Å². The Balaban J connectivity index is 1.62. The van der Waals surface area contributed by atoms with E-state index in [1.165, 1.54) is 31.4 Å². The van der Waals surface area contributed by atoms with Crippen molar-refractivity contribution in [1.82, 2.24) is 0 Å². The minimum Gasteiger partial charge on any atom is -0.497 e. The number of carbonyl (C=O) groups is 2. The summed E-state index contributed by atoms with van der Waals surface area (Å²) in [5, 5.41) is 1.59. The zero-order chi connectivity index (χ0) is 23.1. The number of ether oxygens (including phenoxy) is 2. The van der Waals surface area contributed by atoms with E-state index < -0.39 is 35.7 Å². The number of halogens is 1. The smallest absolute Gasteiger partial charge is 0.266 e. The standard InChI is InChI=1S/C25H21FN2O5/c1-31-18-12-13-19(20(14-18)32-2)22-21-23(33-28(22)17-6-4-3-5-7-17)25(30)27(24(21)29)16-10-8-15(26)9-11-16/h3-14,21-23H,1-2H3/t21-,22-,23-/m0/s1. The van der Waals surface area contributed by atoms with Gasteiger partial charge in [-0.1, -0.05) is 18.2 Å². The third-order valence-electron chi connectivity index (χ3n) is 5.97. The highest BCUT2D eigenvalue weighted by Gasteiger charge is 2.60. The lowest BCUT2D eigenvalue weighted by molar-refractivity contribution is -0.126. The van der Waals surface area contributed by atoms with Crippen LogP contribution >= 0.6 is 0 Å². The largest absolute Gasteiger partial charge is 0.497 e.